The van der Waals surface area contributed by atoms with Gasteiger partial charge in [-0.3, -0.25) is 23.8 Å². The van der Waals surface area contributed by atoms with Crippen LogP contribution in [0.4, 0.5) is 5.13 Å². The Morgan fingerprint density at radius 3 is 2.56 bits per heavy atom. The van der Waals surface area contributed by atoms with Crippen LogP contribution in [0.1, 0.15) is 24.1 Å². The fourth-order valence-corrected chi connectivity index (χ4v) is 6.25. The van der Waals surface area contributed by atoms with Crippen LogP contribution in [-0.2, 0) is 36.1 Å². The van der Waals surface area contributed by atoms with E-state index >= 15 is 0 Å². The summed E-state index contributed by atoms with van der Waals surface area (Å²) in [6.45, 7) is 0.947. The highest BCUT2D eigenvalue weighted by Gasteiger charge is 2.54. The molecule has 48 heavy (non-hydrogen) atoms. The number of ether oxygens (including phenoxy) is 1. The van der Waals surface area contributed by atoms with Crippen molar-refractivity contribution in [1.82, 2.24) is 34.7 Å². The van der Waals surface area contributed by atoms with Gasteiger partial charge in [-0.2, -0.15) is 13.5 Å². The van der Waals surface area contributed by atoms with Crippen LogP contribution in [0.25, 0.3) is 0 Å². The molecule has 0 spiro atoms. The van der Waals surface area contributed by atoms with Gasteiger partial charge < -0.3 is 36.8 Å². The van der Waals surface area contributed by atoms with Crippen molar-refractivity contribution in [3.05, 3.63) is 53.6 Å². The molecule has 0 radical (unpaired) electrons. The van der Waals surface area contributed by atoms with E-state index in [0.717, 1.165) is 37.3 Å². The fourth-order valence-electron chi connectivity index (χ4n) is 4.83. The van der Waals surface area contributed by atoms with Gasteiger partial charge in [-0.25, -0.2) is 19.1 Å². The van der Waals surface area contributed by atoms with Crippen LogP contribution in [0.2, 0.25) is 0 Å². The van der Waals surface area contributed by atoms with E-state index in [1.165, 1.54) is 22.7 Å². The van der Waals surface area contributed by atoms with Crippen molar-refractivity contribution in [2.45, 2.75) is 43.6 Å². The number of nitrogen functional groups attached to an aromatic ring is 1. The quantitative estimate of drug-likeness (QED) is 0.0355. The van der Waals surface area contributed by atoms with Crippen LogP contribution in [0.15, 0.2) is 52.4 Å². The number of piperidine rings is 1. The summed E-state index contributed by atoms with van der Waals surface area (Å²) in [5.74, 6) is -3.03. The summed E-state index contributed by atoms with van der Waals surface area (Å²) in [5, 5.41) is 24.3. The first-order valence-electron chi connectivity index (χ1n) is 14.3. The number of benzene rings is 1. The lowest BCUT2D eigenvalue weighted by molar-refractivity contribution is -0.152. The van der Waals surface area contributed by atoms with Gasteiger partial charge in [0.1, 0.15) is 42.6 Å². The summed E-state index contributed by atoms with van der Waals surface area (Å²) >= 11 is 0.940. The topological polar surface area (TPSA) is 292 Å². The molecule has 0 saturated carbocycles. The number of aromatic nitrogens is 4. The van der Waals surface area contributed by atoms with Gasteiger partial charge in [0.15, 0.2) is 10.8 Å². The molecule has 2 saturated heterocycles. The second kappa shape index (κ2) is 14.7. The molecule has 8 N–H and O–H groups in total. The third kappa shape index (κ3) is 8.20. The molecule has 1 aromatic carbocycles. The number of nitrogens with two attached hydrogens (primary N) is 2. The van der Waals surface area contributed by atoms with Crippen LogP contribution < -0.4 is 26.8 Å². The molecular weight excluding hydrogens is 674 g/mol. The molecule has 3 atom stereocenters. The van der Waals surface area contributed by atoms with Crippen molar-refractivity contribution in [2.75, 3.05) is 25.4 Å². The average Bonchev–Trinajstić information content (AvgIpc) is 3.73. The zero-order chi connectivity index (χ0) is 34.4. The van der Waals surface area contributed by atoms with Gasteiger partial charge in [0, 0.05) is 10.9 Å². The number of amides is 2. The van der Waals surface area contributed by atoms with Crippen molar-refractivity contribution in [2.24, 2.45) is 15.9 Å². The van der Waals surface area contributed by atoms with Crippen molar-refractivity contribution >= 4 is 56.1 Å². The van der Waals surface area contributed by atoms with Gasteiger partial charge in [-0.05, 0) is 50.2 Å². The van der Waals surface area contributed by atoms with Crippen LogP contribution in [0.5, 0.6) is 5.75 Å². The van der Waals surface area contributed by atoms with Crippen LogP contribution in [-0.4, -0.2) is 115 Å². The number of oxime groups is 1. The van der Waals surface area contributed by atoms with Crippen molar-refractivity contribution < 1.29 is 42.0 Å². The van der Waals surface area contributed by atoms with E-state index in [0.29, 0.717) is 17.1 Å². The molecule has 22 heteroatoms. The number of hydrogen-bond donors (Lipinski definition) is 6. The number of carboxylic acids is 1. The minimum atomic E-state index is -4.98. The molecule has 5 rings (SSSR count). The third-order valence-electron chi connectivity index (χ3n) is 7.25. The Hall–Kier alpha value is -5.19. The van der Waals surface area contributed by atoms with Gasteiger partial charge in [-0.15, -0.1) is 11.3 Å². The van der Waals surface area contributed by atoms with E-state index in [1.54, 1.807) is 24.3 Å². The normalized spacial score (nSPS) is 19.8. The lowest BCUT2D eigenvalue weighted by Gasteiger charge is -2.43. The second-order valence-electron chi connectivity index (χ2n) is 10.5. The van der Waals surface area contributed by atoms with Crippen molar-refractivity contribution in [1.29, 1.82) is 0 Å². The van der Waals surface area contributed by atoms with Crippen molar-refractivity contribution in [3.63, 3.8) is 0 Å². The average molecular weight is 706 g/mol. The molecule has 0 unspecified atom stereocenters. The van der Waals surface area contributed by atoms with E-state index in [2.05, 4.69) is 35.8 Å². The number of hydrogen-bond acceptors (Lipinski definition) is 15. The van der Waals surface area contributed by atoms with Crippen LogP contribution >= 0.6 is 11.3 Å². The van der Waals surface area contributed by atoms with E-state index in [-0.39, 0.29) is 27.7 Å². The maximum absolute atomic E-state index is 13.4. The number of carboxylic acid groups (broad SMARTS) is 1. The molecule has 2 aliphatic heterocycles. The number of carbonyl (C=O) groups excluding carboxylic acids is 2. The van der Waals surface area contributed by atoms with Crippen molar-refractivity contribution in [3.8, 4) is 5.75 Å². The maximum atomic E-state index is 13.4. The number of thiazole rings is 1. The lowest BCUT2D eigenvalue weighted by Crippen LogP contribution is -2.73. The van der Waals surface area contributed by atoms with E-state index in [1.807, 2.05) is 0 Å². The van der Waals surface area contributed by atoms with Crippen LogP contribution in [0, 0.1) is 0 Å². The Morgan fingerprint density at radius 2 is 1.96 bits per heavy atom. The number of anilines is 1. The SMILES string of the molecule is NC(=NC1CCNCC1)c1ccc(OC[C@H](O/N=C(/C(=O)N[C@@H]2C(=O)N(S(=O)(=O)O)[C@@H]2Cn2cncn2)c2csc(N)n2)C(=O)O)cc1. The van der Waals surface area contributed by atoms with Gasteiger partial charge in [0.25, 0.3) is 17.9 Å². The minimum absolute atomic E-state index is 0.0369. The third-order valence-corrected chi connectivity index (χ3v) is 8.87. The second-order valence-corrected chi connectivity index (χ2v) is 12.7. The largest absolute Gasteiger partial charge is 0.489 e. The fraction of sp³-hybridized carbons (Fsp3) is 0.385. The summed E-state index contributed by atoms with van der Waals surface area (Å²) in [4.78, 5) is 55.5. The molecule has 2 amide bonds. The number of nitrogens with one attached hydrogen (secondary N) is 2. The van der Waals surface area contributed by atoms with E-state index in [9.17, 15) is 32.5 Å². The number of aliphatic carboxylic acids is 1. The smallest absolute Gasteiger partial charge is 0.362 e. The number of aliphatic imine (C=N–C) groups is 1. The lowest BCUT2D eigenvalue weighted by atomic mass is 9.98. The first kappa shape index (κ1) is 34.2. The molecule has 2 aliphatic rings. The highest BCUT2D eigenvalue weighted by Crippen LogP contribution is 2.25. The monoisotopic (exact) mass is 705 g/mol. The number of β-lactam (4-membered cyclic amide) rings is 1. The minimum Gasteiger partial charge on any atom is -0.489 e. The molecule has 20 nitrogen and oxygen atoms in total. The highest BCUT2D eigenvalue weighted by atomic mass is 32.2. The Morgan fingerprint density at radius 1 is 1.23 bits per heavy atom. The summed E-state index contributed by atoms with van der Waals surface area (Å²) in [5.41, 5.74) is 11.8. The number of rotatable bonds is 14. The summed E-state index contributed by atoms with van der Waals surface area (Å²) < 4.78 is 40.2. The molecule has 4 heterocycles. The Kier molecular flexibility index (Phi) is 10.5. The van der Waals surface area contributed by atoms with E-state index in [4.69, 9.17) is 21.0 Å². The Bertz CT molecular complexity index is 1790. The standard InChI is InChI=1S/C26H31N11O9S2/c27-22(32-15-5-7-29-8-6-15)14-1-3-16(4-2-14)45-10-19(25(40)41)46-35-20(17-11-47-26(28)33-17)23(38)34-21-18(9-36-13-30-12-31-36)37(24(21)39)48(42,43)44/h1-4,11-13,15,18-19,21,29H,5-10H2,(H2,27,32)(H2,28,33)(H,34,38)(H,40,41)(H,42,43,44)/b35-20+/t18-,19+,21+/m1/s1. The predicted molar refractivity (Wildman–Crippen MR) is 168 cm³/mol. The van der Waals surface area contributed by atoms with Crippen LogP contribution in [0.3, 0.4) is 0 Å². The first-order chi connectivity index (χ1) is 22.9. The predicted octanol–water partition coefficient (Wildman–Crippen LogP) is -1.77. The molecule has 0 aliphatic carbocycles. The van der Waals surface area contributed by atoms with Gasteiger partial charge in [0.05, 0.1) is 18.6 Å². The molecule has 2 aromatic heterocycles. The van der Waals surface area contributed by atoms with Gasteiger partial charge >= 0.3 is 16.3 Å². The summed E-state index contributed by atoms with van der Waals surface area (Å²) in [6, 6.07) is 3.90. The zero-order valence-electron chi connectivity index (χ0n) is 24.9. The summed E-state index contributed by atoms with van der Waals surface area (Å²) in [7, 11) is -4.98. The zero-order valence-corrected chi connectivity index (χ0v) is 26.6. The highest BCUT2D eigenvalue weighted by molar-refractivity contribution is 7.84. The maximum Gasteiger partial charge on any atom is 0.362 e. The molecule has 3 aromatic rings. The first-order valence-corrected chi connectivity index (χ1v) is 16.6. The molecule has 0 bridgehead atoms. The van der Waals surface area contributed by atoms with E-state index < -0.39 is 58.6 Å². The molecule has 2 fully saturated rings. The Labute approximate surface area is 276 Å². The summed E-state index contributed by atoms with van der Waals surface area (Å²) in [6.07, 6.45) is 2.47. The van der Waals surface area contributed by atoms with Gasteiger partial charge in [0.2, 0.25) is 0 Å². The Balaban J connectivity index is 1.27. The number of carbonyl (C=O) groups is 3. The molecule has 256 valence electrons. The number of nitrogens with zero attached hydrogens (tertiary/aromatic N) is 7. The molecular formula is C26H31N11O9S2. The van der Waals surface area contributed by atoms with Gasteiger partial charge in [-0.1, -0.05) is 5.16 Å². The number of amidine groups is 1.